The van der Waals surface area contributed by atoms with E-state index >= 15 is 0 Å². The summed E-state index contributed by atoms with van der Waals surface area (Å²) in [6.07, 6.45) is 0.734. The topological polar surface area (TPSA) is 63.8 Å². The Morgan fingerprint density at radius 1 is 1.21 bits per heavy atom. The minimum absolute atomic E-state index is 0.264. The first-order chi connectivity index (χ1) is 11.5. The van der Waals surface area contributed by atoms with Crippen molar-refractivity contribution in [2.24, 2.45) is 0 Å². The number of halogens is 1. The lowest BCUT2D eigenvalue weighted by molar-refractivity contribution is 0.320. The van der Waals surface area contributed by atoms with Crippen molar-refractivity contribution < 1.29 is 14.6 Å². The number of hydrogen-bond donors (Lipinski definition) is 1. The highest BCUT2D eigenvalue weighted by atomic mass is 35.5. The summed E-state index contributed by atoms with van der Waals surface area (Å²) in [5.41, 5.74) is 3.98. The molecular formula is C19H17ClNO3+. The van der Waals surface area contributed by atoms with Crippen LogP contribution in [0.1, 0.15) is 16.8 Å². The zero-order valence-electron chi connectivity index (χ0n) is 13.2. The van der Waals surface area contributed by atoms with Crippen molar-refractivity contribution >= 4 is 28.5 Å². The Labute approximate surface area is 144 Å². The van der Waals surface area contributed by atoms with E-state index < -0.39 is 5.97 Å². The second-order valence-corrected chi connectivity index (χ2v) is 6.00. The Morgan fingerprint density at radius 3 is 2.67 bits per heavy atom. The number of hydrogen-bond acceptors (Lipinski definition) is 2. The molecule has 122 valence electrons. The second-order valence-electron chi connectivity index (χ2n) is 5.56. The molecule has 0 amide bonds. The van der Waals surface area contributed by atoms with Crippen LogP contribution in [-0.4, -0.2) is 27.5 Å². The van der Waals surface area contributed by atoms with E-state index in [1.807, 2.05) is 49.4 Å². The molecule has 0 saturated carbocycles. The number of aliphatic carboxylic acids is 1. The van der Waals surface area contributed by atoms with Crippen molar-refractivity contribution in [3.05, 3.63) is 70.4 Å². The first-order valence-electron chi connectivity index (χ1n) is 7.53. The molecule has 0 spiro atoms. The fourth-order valence-corrected chi connectivity index (χ4v) is 2.70. The quantitative estimate of drug-likeness (QED) is 0.706. The van der Waals surface area contributed by atoms with E-state index in [0.29, 0.717) is 10.8 Å². The lowest BCUT2D eigenvalue weighted by Gasteiger charge is -2.11. The fourth-order valence-electron chi connectivity index (χ4n) is 2.58. The molecule has 0 aliphatic heterocycles. The summed E-state index contributed by atoms with van der Waals surface area (Å²) >= 11 is 5.93. The molecule has 0 unspecified atom stereocenters. The summed E-state index contributed by atoms with van der Waals surface area (Å²) < 4.78 is 5.45. The second kappa shape index (κ2) is 6.89. The lowest BCUT2D eigenvalue weighted by atomic mass is 10.0. The molecule has 0 bridgehead atoms. The van der Waals surface area contributed by atoms with Crippen molar-refractivity contribution in [1.29, 1.82) is 0 Å². The third-order valence-electron chi connectivity index (χ3n) is 3.78. The number of carboxylic acids is 1. The van der Waals surface area contributed by atoms with Crippen LogP contribution in [0.4, 0.5) is 0 Å². The zero-order chi connectivity index (χ0) is 17.1. The van der Waals surface area contributed by atoms with Crippen LogP contribution in [0.2, 0.25) is 5.02 Å². The summed E-state index contributed by atoms with van der Waals surface area (Å²) in [5.74, 6) is -0.189. The Bertz CT molecular complexity index is 891. The smallest absolute Gasteiger partial charge is 0.475 e. The van der Waals surface area contributed by atoms with E-state index in [9.17, 15) is 0 Å². The number of nitrogens with zero attached hydrogens (tertiary/aromatic N) is 1. The summed E-state index contributed by atoms with van der Waals surface area (Å²) in [4.78, 5) is 13.6. The van der Waals surface area contributed by atoms with Crippen molar-refractivity contribution in [1.82, 2.24) is 4.98 Å². The van der Waals surface area contributed by atoms with Gasteiger partial charge in [-0.1, -0.05) is 29.8 Å². The fraction of sp³-hybridized carbons (Fsp3) is 0.158. The normalized spacial score (nSPS) is 10.8. The molecule has 24 heavy (non-hydrogen) atoms. The average molecular weight is 343 g/mol. The van der Waals surface area contributed by atoms with Gasteiger partial charge in [0.2, 0.25) is 6.61 Å². The Kier molecular flexibility index (Phi) is 4.67. The molecule has 0 fully saturated rings. The third kappa shape index (κ3) is 3.66. The highest BCUT2D eigenvalue weighted by Gasteiger charge is 2.11. The number of benzene rings is 2. The van der Waals surface area contributed by atoms with Gasteiger partial charge in [0.25, 0.3) is 0 Å². The number of carboxylic acid groups (broad SMARTS) is 1. The molecule has 3 rings (SSSR count). The average Bonchev–Trinajstić information content (AvgIpc) is 2.55. The lowest BCUT2D eigenvalue weighted by Crippen LogP contribution is -2.10. The van der Waals surface area contributed by atoms with Gasteiger partial charge in [-0.25, -0.2) is 0 Å². The van der Waals surface area contributed by atoms with Crippen LogP contribution in [0.25, 0.3) is 10.9 Å². The molecule has 1 aromatic heterocycles. The number of pyridine rings is 1. The van der Waals surface area contributed by atoms with Gasteiger partial charge in [-0.05, 0) is 54.8 Å². The van der Waals surface area contributed by atoms with Crippen molar-refractivity contribution in [2.45, 2.75) is 13.3 Å². The van der Waals surface area contributed by atoms with Crippen LogP contribution in [0.3, 0.4) is 0 Å². The van der Waals surface area contributed by atoms with Gasteiger partial charge in [0.1, 0.15) is 5.75 Å². The van der Waals surface area contributed by atoms with E-state index in [0.717, 1.165) is 34.1 Å². The van der Waals surface area contributed by atoms with E-state index in [-0.39, 0.29) is 6.61 Å². The molecule has 0 saturated heterocycles. The molecule has 2 aromatic carbocycles. The summed E-state index contributed by atoms with van der Waals surface area (Å²) in [7, 11) is 0. The van der Waals surface area contributed by atoms with Crippen LogP contribution in [0.15, 0.2) is 48.5 Å². The predicted octanol–water partition coefficient (Wildman–Crippen LogP) is 4.23. The number of ether oxygens (including phenoxy) is 1. The minimum atomic E-state index is -0.756. The van der Waals surface area contributed by atoms with Crippen LogP contribution in [0, 0.1) is 6.92 Å². The number of fused-ring (bicyclic) bond motifs is 1. The Balaban J connectivity index is 1.98. The van der Waals surface area contributed by atoms with E-state index in [1.165, 1.54) is 0 Å². The molecule has 2 N–H and O–H groups in total. The molecule has 5 heteroatoms. The maximum Gasteiger partial charge on any atom is 0.519 e. The highest BCUT2D eigenvalue weighted by Crippen LogP contribution is 2.27. The maximum atomic E-state index is 8.92. The monoisotopic (exact) mass is 342 g/mol. The third-order valence-corrected chi connectivity index (χ3v) is 4.03. The largest absolute Gasteiger partial charge is 0.519 e. The molecule has 0 aliphatic carbocycles. The van der Waals surface area contributed by atoms with Gasteiger partial charge in [-0.3, -0.25) is 4.98 Å². The van der Waals surface area contributed by atoms with E-state index in [4.69, 9.17) is 26.2 Å². The van der Waals surface area contributed by atoms with Gasteiger partial charge in [-0.2, -0.15) is 0 Å². The van der Waals surface area contributed by atoms with E-state index in [1.54, 1.807) is 6.07 Å². The Morgan fingerprint density at radius 2 is 1.96 bits per heavy atom. The van der Waals surface area contributed by atoms with Gasteiger partial charge < -0.3 is 14.6 Å². The summed E-state index contributed by atoms with van der Waals surface area (Å²) in [6, 6.07) is 15.3. The maximum absolute atomic E-state index is 8.92. The van der Waals surface area contributed by atoms with Gasteiger partial charge in [0, 0.05) is 16.1 Å². The van der Waals surface area contributed by atoms with Crippen LogP contribution < -0.4 is 4.74 Å². The molecular weight excluding hydrogens is 326 g/mol. The Hall–Kier alpha value is -2.59. The number of aromatic nitrogens is 1. The zero-order valence-corrected chi connectivity index (χ0v) is 13.9. The molecule has 0 radical (unpaired) electrons. The molecule has 4 nitrogen and oxygen atoms in total. The molecule has 0 atom stereocenters. The highest BCUT2D eigenvalue weighted by molar-refractivity contribution is 6.30. The first kappa shape index (κ1) is 16.3. The van der Waals surface area contributed by atoms with Gasteiger partial charge >= 0.3 is 5.97 Å². The van der Waals surface area contributed by atoms with Gasteiger partial charge in [0.15, 0.2) is 0 Å². The number of aliphatic hydroxyl groups excluding tert-OH is 1. The molecule has 0 aliphatic rings. The molecule has 1 heterocycles. The van der Waals surface area contributed by atoms with Crippen LogP contribution >= 0.6 is 11.6 Å². The van der Waals surface area contributed by atoms with Crippen molar-refractivity contribution in [3.8, 4) is 5.75 Å². The van der Waals surface area contributed by atoms with Crippen LogP contribution in [-0.2, 0) is 6.42 Å². The minimum Gasteiger partial charge on any atom is -0.475 e. The number of aryl methyl sites for hydroxylation is 1. The van der Waals surface area contributed by atoms with Crippen molar-refractivity contribution in [3.63, 3.8) is 0 Å². The van der Waals surface area contributed by atoms with Gasteiger partial charge in [0.05, 0.1) is 5.52 Å². The standard InChI is InChI=1S/C19H16ClNO3/c1-12-14(9-13-5-7-15(20)8-6-13)10-16-17(21-12)3-2-4-18(16)24-11-19(22)23/h2-8,10H,9,11H2,1H3,(H,22,23)/p+1. The van der Waals surface area contributed by atoms with Gasteiger partial charge in [-0.15, -0.1) is 0 Å². The predicted molar refractivity (Wildman–Crippen MR) is 95.8 cm³/mol. The summed E-state index contributed by atoms with van der Waals surface area (Å²) in [5, 5.41) is 10.5. The van der Waals surface area contributed by atoms with Crippen molar-refractivity contribution in [2.75, 3.05) is 6.61 Å². The van der Waals surface area contributed by atoms with Crippen LogP contribution in [0.5, 0.6) is 5.75 Å². The first-order valence-corrected chi connectivity index (χ1v) is 7.91. The SMILES string of the molecule is Cc1nc2cccc(OCC(O)=[OH+])c2cc1Cc1ccc(Cl)cc1. The number of rotatable bonds is 5. The summed E-state index contributed by atoms with van der Waals surface area (Å²) in [6.45, 7) is 1.71. The van der Waals surface area contributed by atoms with E-state index in [2.05, 4.69) is 4.98 Å². The molecule has 3 aromatic rings.